The fraction of sp³-hybridized carbons (Fsp3) is 0.111. The van der Waals surface area contributed by atoms with E-state index in [4.69, 9.17) is 4.74 Å². The van der Waals surface area contributed by atoms with Crippen molar-refractivity contribution in [3.8, 4) is 11.5 Å². The molecule has 3 nitrogen and oxygen atoms in total. The van der Waals surface area contributed by atoms with Crippen LogP contribution < -0.4 is 4.74 Å². The number of Topliss-reactive ketones (excluding diaryl/α,β-unsaturated/α-hetero) is 1. The largest absolute Gasteiger partial charge is 0.456 e. The molecule has 3 aromatic rings. The number of benzene rings is 2. The topological polar surface area (TPSA) is 39.2 Å². The number of ether oxygens (including phenoxy) is 1. The summed E-state index contributed by atoms with van der Waals surface area (Å²) < 4.78 is 6.00. The third-order valence-corrected chi connectivity index (χ3v) is 3.34. The Kier molecular flexibility index (Phi) is 3.40. The summed E-state index contributed by atoms with van der Waals surface area (Å²) >= 11 is 0. The van der Waals surface area contributed by atoms with Crippen molar-refractivity contribution >= 4 is 16.7 Å². The van der Waals surface area contributed by atoms with E-state index in [0.29, 0.717) is 22.8 Å². The number of hydrogen-bond donors (Lipinski definition) is 0. The summed E-state index contributed by atoms with van der Waals surface area (Å²) in [5.41, 5.74) is 2.05. The van der Waals surface area contributed by atoms with Crippen LogP contribution in [-0.4, -0.2) is 10.8 Å². The van der Waals surface area contributed by atoms with E-state index < -0.39 is 0 Å². The molecule has 0 saturated heterocycles. The molecular formula is C18H15NO2. The maximum Gasteiger partial charge on any atom is 0.165 e. The first-order valence-corrected chi connectivity index (χ1v) is 6.80. The van der Waals surface area contributed by atoms with E-state index in [1.54, 1.807) is 0 Å². The number of fused-ring (bicyclic) bond motifs is 1. The normalized spacial score (nSPS) is 10.6. The lowest BCUT2D eigenvalue weighted by atomic mass is 10.0. The molecule has 0 aliphatic carbocycles. The van der Waals surface area contributed by atoms with Gasteiger partial charge in [0.25, 0.3) is 0 Å². The molecular weight excluding hydrogens is 262 g/mol. The molecule has 0 unspecified atom stereocenters. The third-order valence-electron chi connectivity index (χ3n) is 3.34. The minimum absolute atomic E-state index is 0.0447. The van der Waals surface area contributed by atoms with Crippen molar-refractivity contribution in [2.24, 2.45) is 0 Å². The standard InChI is InChI=1S/C18H15NO2/c1-12-17(13(2)20)18(21-14-8-4-3-5-9-14)15-10-6-7-11-16(15)19-12/h3-11H,1-2H3. The van der Waals surface area contributed by atoms with Crippen LogP contribution in [0, 0.1) is 6.92 Å². The lowest BCUT2D eigenvalue weighted by molar-refractivity contribution is 0.101. The maximum absolute atomic E-state index is 12.0. The van der Waals surface area contributed by atoms with Crippen molar-refractivity contribution in [3.05, 3.63) is 65.9 Å². The molecule has 0 radical (unpaired) electrons. The Balaban J connectivity index is 2.26. The van der Waals surface area contributed by atoms with Crippen LogP contribution in [0.4, 0.5) is 0 Å². The molecule has 0 aliphatic heterocycles. The molecule has 21 heavy (non-hydrogen) atoms. The number of ketones is 1. The van der Waals surface area contributed by atoms with Gasteiger partial charge in [-0.05, 0) is 38.1 Å². The SMILES string of the molecule is CC(=O)c1c(C)nc2ccccc2c1Oc1ccccc1. The molecule has 0 atom stereocenters. The number of pyridine rings is 1. The van der Waals surface area contributed by atoms with Gasteiger partial charge in [0.15, 0.2) is 5.78 Å². The highest BCUT2D eigenvalue weighted by atomic mass is 16.5. The number of carbonyl (C=O) groups is 1. The molecule has 0 saturated carbocycles. The Labute approximate surface area is 123 Å². The average Bonchev–Trinajstić information content (AvgIpc) is 2.47. The first-order chi connectivity index (χ1) is 10.2. The molecule has 104 valence electrons. The second kappa shape index (κ2) is 5.37. The summed E-state index contributed by atoms with van der Waals surface area (Å²) in [5, 5.41) is 0.845. The molecule has 3 rings (SSSR count). The Morgan fingerprint density at radius 1 is 1.00 bits per heavy atom. The van der Waals surface area contributed by atoms with E-state index >= 15 is 0 Å². The van der Waals surface area contributed by atoms with Crippen LogP contribution >= 0.6 is 0 Å². The van der Waals surface area contributed by atoms with Gasteiger partial charge in [0.05, 0.1) is 16.8 Å². The van der Waals surface area contributed by atoms with Crippen LogP contribution in [0.3, 0.4) is 0 Å². The van der Waals surface area contributed by atoms with Gasteiger partial charge in [0.2, 0.25) is 0 Å². The van der Waals surface area contributed by atoms with E-state index in [1.807, 2.05) is 61.5 Å². The van der Waals surface area contributed by atoms with Gasteiger partial charge in [-0.1, -0.05) is 30.3 Å². The zero-order valence-corrected chi connectivity index (χ0v) is 12.0. The fourth-order valence-corrected chi connectivity index (χ4v) is 2.43. The second-order valence-electron chi connectivity index (χ2n) is 4.89. The van der Waals surface area contributed by atoms with Gasteiger partial charge in [0.1, 0.15) is 11.5 Å². The fourth-order valence-electron chi connectivity index (χ4n) is 2.43. The van der Waals surface area contributed by atoms with Crippen LogP contribution in [0.2, 0.25) is 0 Å². The first-order valence-electron chi connectivity index (χ1n) is 6.80. The van der Waals surface area contributed by atoms with Gasteiger partial charge < -0.3 is 4.74 Å². The summed E-state index contributed by atoms with van der Waals surface area (Å²) in [6.07, 6.45) is 0. The quantitative estimate of drug-likeness (QED) is 0.660. The molecule has 3 heteroatoms. The second-order valence-corrected chi connectivity index (χ2v) is 4.89. The van der Waals surface area contributed by atoms with Crippen molar-refractivity contribution in [3.63, 3.8) is 0 Å². The Bertz CT molecular complexity index is 810. The highest BCUT2D eigenvalue weighted by Crippen LogP contribution is 2.34. The highest BCUT2D eigenvalue weighted by molar-refractivity contribution is 6.03. The molecule has 1 heterocycles. The van der Waals surface area contributed by atoms with Crippen molar-refractivity contribution in [1.29, 1.82) is 0 Å². The first kappa shape index (κ1) is 13.3. The molecule has 0 N–H and O–H groups in total. The number of carbonyl (C=O) groups excluding carboxylic acids is 1. The van der Waals surface area contributed by atoms with Crippen molar-refractivity contribution in [2.75, 3.05) is 0 Å². The number of para-hydroxylation sites is 2. The summed E-state index contributed by atoms with van der Waals surface area (Å²) in [4.78, 5) is 16.5. The zero-order chi connectivity index (χ0) is 14.8. The zero-order valence-electron chi connectivity index (χ0n) is 12.0. The van der Waals surface area contributed by atoms with Gasteiger partial charge in [-0.2, -0.15) is 0 Å². The van der Waals surface area contributed by atoms with Crippen molar-refractivity contribution < 1.29 is 9.53 Å². The number of aromatic nitrogens is 1. The van der Waals surface area contributed by atoms with E-state index in [9.17, 15) is 4.79 Å². The molecule has 0 fully saturated rings. The van der Waals surface area contributed by atoms with E-state index in [1.165, 1.54) is 6.92 Å². The van der Waals surface area contributed by atoms with Crippen LogP contribution in [0.15, 0.2) is 54.6 Å². The summed E-state index contributed by atoms with van der Waals surface area (Å²) in [7, 11) is 0. The molecule has 1 aromatic heterocycles. The van der Waals surface area contributed by atoms with Crippen LogP contribution in [0.1, 0.15) is 23.0 Å². The predicted octanol–water partition coefficient (Wildman–Crippen LogP) is 4.54. The monoisotopic (exact) mass is 277 g/mol. The van der Waals surface area contributed by atoms with E-state index in [-0.39, 0.29) is 5.78 Å². The van der Waals surface area contributed by atoms with Gasteiger partial charge >= 0.3 is 0 Å². The van der Waals surface area contributed by atoms with Crippen molar-refractivity contribution in [2.45, 2.75) is 13.8 Å². The van der Waals surface area contributed by atoms with Crippen molar-refractivity contribution in [1.82, 2.24) is 4.98 Å². The summed E-state index contributed by atoms with van der Waals surface area (Å²) in [5.74, 6) is 1.24. The molecule has 0 aliphatic rings. The van der Waals surface area contributed by atoms with Gasteiger partial charge in [-0.3, -0.25) is 9.78 Å². The van der Waals surface area contributed by atoms with Gasteiger partial charge in [0, 0.05) is 5.39 Å². The third kappa shape index (κ3) is 2.50. The lowest BCUT2D eigenvalue weighted by Crippen LogP contribution is -2.03. The van der Waals surface area contributed by atoms with Crippen LogP contribution in [-0.2, 0) is 0 Å². The Morgan fingerprint density at radius 3 is 2.38 bits per heavy atom. The molecule has 2 aromatic carbocycles. The predicted molar refractivity (Wildman–Crippen MR) is 83.0 cm³/mol. The Morgan fingerprint density at radius 2 is 1.67 bits per heavy atom. The molecule has 0 spiro atoms. The molecule has 0 amide bonds. The Hall–Kier alpha value is -2.68. The molecule has 0 bridgehead atoms. The van der Waals surface area contributed by atoms with E-state index in [2.05, 4.69) is 4.98 Å². The van der Waals surface area contributed by atoms with E-state index in [0.717, 1.165) is 10.9 Å². The van der Waals surface area contributed by atoms with Gasteiger partial charge in [-0.15, -0.1) is 0 Å². The highest BCUT2D eigenvalue weighted by Gasteiger charge is 2.18. The van der Waals surface area contributed by atoms with Gasteiger partial charge in [-0.25, -0.2) is 0 Å². The minimum Gasteiger partial charge on any atom is -0.456 e. The summed E-state index contributed by atoms with van der Waals surface area (Å²) in [6, 6.07) is 17.2. The average molecular weight is 277 g/mol. The number of hydrogen-bond acceptors (Lipinski definition) is 3. The van der Waals surface area contributed by atoms with Crippen LogP contribution in [0.5, 0.6) is 11.5 Å². The van der Waals surface area contributed by atoms with Crippen LogP contribution in [0.25, 0.3) is 10.9 Å². The summed E-state index contributed by atoms with van der Waals surface area (Å²) in [6.45, 7) is 3.37. The smallest absolute Gasteiger partial charge is 0.165 e. The lowest BCUT2D eigenvalue weighted by Gasteiger charge is -2.14. The maximum atomic E-state index is 12.0. The number of rotatable bonds is 3. The number of aryl methyl sites for hydroxylation is 1. The minimum atomic E-state index is -0.0447. The number of nitrogens with zero attached hydrogens (tertiary/aromatic N) is 1.